The standard InChI is InChI=1S/C23H24F3N3O3/c1-21(2,20(30)31)13-32-16-8-5-14(6-9-16)17-10-7-15(11-27-17)19-28-12-18(29-19)22(3,4)23(24,25)26/h5-12H,13H2,1-4H3,(H,28,29)(H,30,31). The van der Waals surface area contributed by atoms with E-state index in [0.29, 0.717) is 22.8 Å². The Morgan fingerprint density at radius 3 is 2.12 bits per heavy atom. The zero-order valence-electron chi connectivity index (χ0n) is 18.1. The summed E-state index contributed by atoms with van der Waals surface area (Å²) in [6, 6.07) is 10.5. The number of aromatic nitrogens is 3. The molecule has 0 atom stereocenters. The van der Waals surface area contributed by atoms with Crippen molar-refractivity contribution in [3.63, 3.8) is 0 Å². The third-order valence-corrected chi connectivity index (χ3v) is 5.32. The van der Waals surface area contributed by atoms with Crippen molar-refractivity contribution in [1.82, 2.24) is 15.0 Å². The average molecular weight is 447 g/mol. The monoisotopic (exact) mass is 447 g/mol. The van der Waals surface area contributed by atoms with Crippen molar-refractivity contribution < 1.29 is 27.8 Å². The quantitative estimate of drug-likeness (QED) is 0.502. The van der Waals surface area contributed by atoms with Gasteiger partial charge in [-0.1, -0.05) is 0 Å². The van der Waals surface area contributed by atoms with Crippen LogP contribution < -0.4 is 4.74 Å². The zero-order chi connectivity index (χ0) is 23.7. The van der Waals surface area contributed by atoms with E-state index in [1.807, 2.05) is 0 Å². The minimum Gasteiger partial charge on any atom is -0.492 e. The fourth-order valence-corrected chi connectivity index (χ4v) is 2.69. The number of nitrogens with zero attached hydrogens (tertiary/aromatic N) is 2. The van der Waals surface area contributed by atoms with Crippen molar-refractivity contribution in [2.24, 2.45) is 5.41 Å². The van der Waals surface area contributed by atoms with Crippen LogP contribution in [0.25, 0.3) is 22.6 Å². The van der Waals surface area contributed by atoms with Gasteiger partial charge in [0.15, 0.2) is 0 Å². The molecule has 0 bridgehead atoms. The second-order valence-electron chi connectivity index (χ2n) is 8.70. The van der Waals surface area contributed by atoms with Gasteiger partial charge in [-0.15, -0.1) is 0 Å². The summed E-state index contributed by atoms with van der Waals surface area (Å²) in [5.74, 6) is -0.0969. The first-order chi connectivity index (χ1) is 14.8. The number of alkyl halides is 3. The number of hydrogen-bond acceptors (Lipinski definition) is 4. The molecule has 3 aromatic rings. The lowest BCUT2D eigenvalue weighted by Crippen LogP contribution is -2.36. The minimum absolute atomic E-state index is 0.0225. The van der Waals surface area contributed by atoms with Gasteiger partial charge in [-0.05, 0) is 64.1 Å². The first-order valence-corrected chi connectivity index (χ1v) is 9.86. The normalized spacial score (nSPS) is 12.6. The fraction of sp³-hybridized carbons (Fsp3) is 0.348. The van der Waals surface area contributed by atoms with E-state index < -0.39 is 23.0 Å². The molecular weight excluding hydrogens is 423 g/mol. The van der Waals surface area contributed by atoms with Crippen LogP contribution in [0.15, 0.2) is 48.8 Å². The Kier molecular flexibility index (Phi) is 6.04. The number of pyridine rings is 1. The van der Waals surface area contributed by atoms with E-state index in [-0.39, 0.29) is 12.3 Å². The minimum atomic E-state index is -4.40. The van der Waals surface area contributed by atoms with E-state index in [9.17, 15) is 18.0 Å². The van der Waals surface area contributed by atoms with Gasteiger partial charge in [-0.25, -0.2) is 4.98 Å². The van der Waals surface area contributed by atoms with Crippen LogP contribution in [0.2, 0.25) is 0 Å². The maximum Gasteiger partial charge on any atom is 0.399 e. The highest BCUT2D eigenvalue weighted by molar-refractivity contribution is 5.73. The van der Waals surface area contributed by atoms with Gasteiger partial charge >= 0.3 is 12.1 Å². The van der Waals surface area contributed by atoms with Crippen LogP contribution in [-0.4, -0.2) is 38.8 Å². The Bertz CT molecular complexity index is 1090. The molecule has 9 heteroatoms. The molecule has 32 heavy (non-hydrogen) atoms. The van der Waals surface area contributed by atoms with Gasteiger partial charge < -0.3 is 14.8 Å². The molecule has 0 fully saturated rings. The number of H-pyrrole nitrogens is 1. The highest BCUT2D eigenvalue weighted by Crippen LogP contribution is 2.40. The van der Waals surface area contributed by atoms with Gasteiger partial charge in [0.2, 0.25) is 0 Å². The summed E-state index contributed by atoms with van der Waals surface area (Å²) in [4.78, 5) is 22.4. The fourth-order valence-electron chi connectivity index (χ4n) is 2.69. The first kappa shape index (κ1) is 23.3. The summed E-state index contributed by atoms with van der Waals surface area (Å²) in [5.41, 5.74) is -1.04. The number of aliphatic carboxylic acids is 1. The molecule has 170 valence electrons. The number of carboxylic acid groups (broad SMARTS) is 1. The molecule has 0 aliphatic heterocycles. The highest BCUT2D eigenvalue weighted by Gasteiger charge is 2.49. The van der Waals surface area contributed by atoms with Gasteiger partial charge in [-0.2, -0.15) is 13.2 Å². The molecule has 0 aliphatic rings. The molecule has 6 nitrogen and oxygen atoms in total. The molecule has 0 aliphatic carbocycles. The zero-order valence-corrected chi connectivity index (χ0v) is 18.1. The van der Waals surface area contributed by atoms with Crippen LogP contribution in [-0.2, 0) is 10.2 Å². The van der Waals surface area contributed by atoms with Crippen molar-refractivity contribution in [3.05, 3.63) is 54.5 Å². The first-order valence-electron chi connectivity index (χ1n) is 9.86. The third-order valence-electron chi connectivity index (χ3n) is 5.32. The molecule has 0 spiro atoms. The van der Waals surface area contributed by atoms with E-state index in [4.69, 9.17) is 9.84 Å². The summed E-state index contributed by atoms with van der Waals surface area (Å²) in [6.07, 6.45) is -1.67. The maximum atomic E-state index is 13.2. The smallest absolute Gasteiger partial charge is 0.399 e. The predicted molar refractivity (Wildman–Crippen MR) is 113 cm³/mol. The molecule has 0 unspecified atom stereocenters. The number of ether oxygens (including phenoxy) is 1. The number of hydrogen-bond donors (Lipinski definition) is 2. The van der Waals surface area contributed by atoms with Gasteiger partial charge in [0.25, 0.3) is 0 Å². The van der Waals surface area contributed by atoms with Gasteiger partial charge in [0.05, 0.1) is 11.1 Å². The number of aromatic amines is 1. The number of rotatable bonds is 7. The summed E-state index contributed by atoms with van der Waals surface area (Å²) in [7, 11) is 0. The summed E-state index contributed by atoms with van der Waals surface area (Å²) in [6.45, 7) is 5.40. The Labute approximate surface area is 183 Å². The van der Waals surface area contributed by atoms with Crippen LogP contribution in [0.3, 0.4) is 0 Å². The molecule has 3 rings (SSSR count). The largest absolute Gasteiger partial charge is 0.492 e. The number of benzene rings is 1. The van der Waals surface area contributed by atoms with Crippen molar-refractivity contribution in [2.45, 2.75) is 39.3 Å². The Hall–Kier alpha value is -3.36. The molecule has 2 heterocycles. The average Bonchev–Trinajstić information content (AvgIpc) is 3.23. The molecule has 2 aromatic heterocycles. The highest BCUT2D eigenvalue weighted by atomic mass is 19.4. The Morgan fingerprint density at radius 2 is 1.59 bits per heavy atom. The SMILES string of the molecule is CC(C)(COc1ccc(-c2ccc(-c3ncc(C(C)(C)C(F)(F)F)[nH]3)cn2)cc1)C(=O)O. The van der Waals surface area contributed by atoms with Crippen LogP contribution in [0, 0.1) is 5.41 Å². The molecule has 2 N–H and O–H groups in total. The van der Waals surface area contributed by atoms with E-state index in [2.05, 4.69) is 15.0 Å². The number of nitrogens with one attached hydrogen (secondary N) is 1. The molecule has 0 saturated carbocycles. The van der Waals surface area contributed by atoms with Crippen molar-refractivity contribution in [3.8, 4) is 28.4 Å². The lowest BCUT2D eigenvalue weighted by molar-refractivity contribution is -0.181. The lowest BCUT2D eigenvalue weighted by Gasteiger charge is -2.26. The van der Waals surface area contributed by atoms with Gasteiger partial charge in [0, 0.05) is 29.2 Å². The van der Waals surface area contributed by atoms with E-state index in [1.54, 1.807) is 56.4 Å². The van der Waals surface area contributed by atoms with Crippen LogP contribution in [0.5, 0.6) is 5.75 Å². The van der Waals surface area contributed by atoms with Crippen LogP contribution in [0.4, 0.5) is 13.2 Å². The van der Waals surface area contributed by atoms with E-state index in [1.165, 1.54) is 6.20 Å². The summed E-state index contributed by atoms with van der Waals surface area (Å²) < 4.78 is 45.3. The third kappa shape index (κ3) is 4.76. The summed E-state index contributed by atoms with van der Waals surface area (Å²) in [5, 5.41) is 9.15. The maximum absolute atomic E-state index is 13.2. The Balaban J connectivity index is 1.72. The molecule has 1 aromatic carbocycles. The predicted octanol–water partition coefficient (Wildman–Crippen LogP) is 5.47. The topological polar surface area (TPSA) is 88.1 Å². The van der Waals surface area contributed by atoms with Crippen LogP contribution in [0.1, 0.15) is 33.4 Å². The van der Waals surface area contributed by atoms with Crippen LogP contribution >= 0.6 is 0 Å². The second-order valence-corrected chi connectivity index (χ2v) is 8.70. The van der Waals surface area contributed by atoms with Gasteiger partial charge in [0.1, 0.15) is 23.6 Å². The Morgan fingerprint density at radius 1 is 0.969 bits per heavy atom. The van der Waals surface area contributed by atoms with E-state index >= 15 is 0 Å². The molecule has 0 radical (unpaired) electrons. The molecular formula is C23H24F3N3O3. The van der Waals surface area contributed by atoms with Crippen molar-refractivity contribution >= 4 is 5.97 Å². The second kappa shape index (κ2) is 8.29. The van der Waals surface area contributed by atoms with Crippen molar-refractivity contribution in [2.75, 3.05) is 6.61 Å². The number of halogens is 3. The number of carbonyl (C=O) groups is 1. The van der Waals surface area contributed by atoms with E-state index in [0.717, 1.165) is 19.4 Å². The van der Waals surface area contributed by atoms with Gasteiger partial charge in [-0.3, -0.25) is 9.78 Å². The molecule has 0 saturated heterocycles. The lowest BCUT2D eigenvalue weighted by atomic mass is 9.89. The van der Waals surface area contributed by atoms with Crippen molar-refractivity contribution in [1.29, 1.82) is 0 Å². The number of imidazole rings is 1. The summed E-state index contributed by atoms with van der Waals surface area (Å²) >= 11 is 0. The number of carboxylic acids is 1. The molecule has 0 amide bonds.